The van der Waals surface area contributed by atoms with Crippen LogP contribution in [0, 0.1) is 11.3 Å². The molecule has 7 heteroatoms. The molecule has 6 atom stereocenters. The van der Waals surface area contributed by atoms with Crippen LogP contribution in [0.25, 0.3) is 0 Å². The Morgan fingerprint density at radius 3 is 2.34 bits per heavy atom. The number of carbonyl (C=O) groups is 3. The third-order valence-corrected chi connectivity index (χ3v) is 7.00. The maximum atomic E-state index is 12.7. The van der Waals surface area contributed by atoms with Gasteiger partial charge in [-0.2, -0.15) is 0 Å². The van der Waals surface area contributed by atoms with Crippen molar-refractivity contribution in [2.75, 3.05) is 0 Å². The lowest BCUT2D eigenvalue weighted by atomic mass is 9.54. The van der Waals surface area contributed by atoms with Crippen molar-refractivity contribution in [2.24, 2.45) is 11.3 Å². The van der Waals surface area contributed by atoms with Gasteiger partial charge in [-0.25, -0.2) is 4.79 Å². The number of fused-ring (bicyclic) bond motifs is 1. The van der Waals surface area contributed by atoms with Crippen molar-refractivity contribution < 1.29 is 33.7 Å². The Balaban J connectivity index is 2.01. The van der Waals surface area contributed by atoms with E-state index in [2.05, 4.69) is 0 Å². The first-order valence-corrected chi connectivity index (χ1v) is 10.2. The number of esters is 2. The third kappa shape index (κ3) is 3.63. The number of hydrogen-bond donors (Lipinski definition) is 1. The van der Waals surface area contributed by atoms with Crippen LogP contribution in [0.15, 0.2) is 11.6 Å². The topological polar surface area (TPSA) is 102 Å². The van der Waals surface area contributed by atoms with E-state index >= 15 is 0 Å². The Hall–Kier alpha value is -1.73. The molecule has 1 saturated heterocycles. The lowest BCUT2D eigenvalue weighted by Gasteiger charge is -2.55. The molecule has 2 unspecified atom stereocenters. The molecule has 1 aliphatic heterocycles. The zero-order chi connectivity index (χ0) is 22.0. The fraction of sp³-hybridized carbons (Fsp3) is 0.773. The average Bonchev–Trinajstić information content (AvgIpc) is 3.16. The van der Waals surface area contributed by atoms with Crippen LogP contribution in [0.3, 0.4) is 0 Å². The maximum Gasteiger partial charge on any atom is 0.341 e. The molecular formula is C22H32O7. The SMILES string of the molecule is CC(=O)O[C@@]1(C)[C@@H]2C=C(C(C)(C)O)C(=O)C[C@@]2(C)CC[C@H]1OC(=O)C1(C)OC1C. The Bertz CT molecular complexity index is 779. The van der Waals surface area contributed by atoms with E-state index in [0.29, 0.717) is 18.4 Å². The van der Waals surface area contributed by atoms with Crippen LogP contribution in [-0.4, -0.2) is 51.8 Å². The first-order valence-electron chi connectivity index (χ1n) is 10.2. The van der Waals surface area contributed by atoms with E-state index in [4.69, 9.17) is 14.2 Å². The van der Waals surface area contributed by atoms with Crippen molar-refractivity contribution in [2.45, 2.75) is 96.7 Å². The highest BCUT2D eigenvalue weighted by atomic mass is 16.7. The van der Waals surface area contributed by atoms with Gasteiger partial charge in [0.2, 0.25) is 0 Å². The molecule has 3 aliphatic rings. The van der Waals surface area contributed by atoms with Crippen molar-refractivity contribution in [1.82, 2.24) is 0 Å². The number of carbonyl (C=O) groups excluding carboxylic acids is 3. The quantitative estimate of drug-likeness (QED) is 0.563. The number of ether oxygens (including phenoxy) is 3. The third-order valence-electron chi connectivity index (χ3n) is 7.00. The van der Waals surface area contributed by atoms with Crippen LogP contribution in [0.2, 0.25) is 0 Å². The van der Waals surface area contributed by atoms with Crippen molar-refractivity contribution in [1.29, 1.82) is 0 Å². The minimum Gasteiger partial charge on any atom is -0.456 e. The number of rotatable bonds is 4. The second kappa shape index (κ2) is 6.64. The summed E-state index contributed by atoms with van der Waals surface area (Å²) in [7, 11) is 0. The van der Waals surface area contributed by atoms with Gasteiger partial charge in [-0.15, -0.1) is 0 Å². The van der Waals surface area contributed by atoms with Crippen molar-refractivity contribution in [3.8, 4) is 0 Å². The van der Waals surface area contributed by atoms with Gasteiger partial charge in [0.1, 0.15) is 6.10 Å². The van der Waals surface area contributed by atoms with Crippen molar-refractivity contribution >= 4 is 17.7 Å². The number of ketones is 1. The van der Waals surface area contributed by atoms with Gasteiger partial charge in [0.15, 0.2) is 17.0 Å². The largest absolute Gasteiger partial charge is 0.456 e. The van der Waals surface area contributed by atoms with E-state index in [1.165, 1.54) is 6.92 Å². The zero-order valence-electron chi connectivity index (χ0n) is 18.3. The lowest BCUT2D eigenvalue weighted by Crippen LogP contribution is -2.61. The van der Waals surface area contributed by atoms with Gasteiger partial charge in [-0.05, 0) is 52.9 Å². The molecule has 0 amide bonds. The van der Waals surface area contributed by atoms with Crippen LogP contribution in [0.1, 0.15) is 67.7 Å². The number of epoxide rings is 1. The van der Waals surface area contributed by atoms with Crippen LogP contribution < -0.4 is 0 Å². The van der Waals surface area contributed by atoms with Gasteiger partial charge in [0.05, 0.1) is 11.7 Å². The first kappa shape index (κ1) is 22.0. The summed E-state index contributed by atoms with van der Waals surface area (Å²) in [6.07, 6.45) is 2.15. The summed E-state index contributed by atoms with van der Waals surface area (Å²) < 4.78 is 17.0. The molecule has 0 aromatic heterocycles. The Labute approximate surface area is 171 Å². The van der Waals surface area contributed by atoms with Gasteiger partial charge >= 0.3 is 11.9 Å². The van der Waals surface area contributed by atoms with E-state index in [-0.39, 0.29) is 18.3 Å². The summed E-state index contributed by atoms with van der Waals surface area (Å²) in [5.41, 5.74) is -3.62. The first-order chi connectivity index (χ1) is 13.1. The van der Waals surface area contributed by atoms with Gasteiger partial charge in [-0.1, -0.05) is 13.0 Å². The smallest absolute Gasteiger partial charge is 0.341 e. The molecule has 3 rings (SSSR count). The number of Topliss-reactive ketones (excluding diaryl/α,β-unsaturated/α-hetero) is 1. The van der Waals surface area contributed by atoms with E-state index < -0.39 is 46.2 Å². The summed E-state index contributed by atoms with van der Waals surface area (Å²) in [6, 6.07) is 0. The lowest BCUT2D eigenvalue weighted by molar-refractivity contribution is -0.212. The van der Waals surface area contributed by atoms with E-state index in [1.807, 2.05) is 6.92 Å². The van der Waals surface area contributed by atoms with Gasteiger partial charge < -0.3 is 19.3 Å². The Kier molecular flexibility index (Phi) is 5.03. The molecule has 29 heavy (non-hydrogen) atoms. The molecule has 1 saturated carbocycles. The van der Waals surface area contributed by atoms with Gasteiger partial charge in [0, 0.05) is 24.8 Å². The van der Waals surface area contributed by atoms with E-state index in [1.54, 1.807) is 40.7 Å². The van der Waals surface area contributed by atoms with E-state index in [0.717, 1.165) is 0 Å². The fourth-order valence-corrected chi connectivity index (χ4v) is 5.04. The molecule has 2 fully saturated rings. The summed E-state index contributed by atoms with van der Waals surface area (Å²) in [6.45, 7) is 11.7. The highest BCUT2D eigenvalue weighted by Gasteiger charge is 2.62. The molecule has 0 bridgehead atoms. The predicted molar refractivity (Wildman–Crippen MR) is 104 cm³/mol. The molecule has 0 aromatic carbocycles. The van der Waals surface area contributed by atoms with Crippen LogP contribution >= 0.6 is 0 Å². The highest BCUT2D eigenvalue weighted by molar-refractivity contribution is 5.98. The number of aliphatic hydroxyl groups is 1. The second-order valence-corrected chi connectivity index (χ2v) is 9.95. The van der Waals surface area contributed by atoms with Crippen LogP contribution in [0.4, 0.5) is 0 Å². The molecule has 0 spiro atoms. The normalized spacial score (nSPS) is 41.9. The monoisotopic (exact) mass is 408 g/mol. The molecule has 2 aliphatic carbocycles. The van der Waals surface area contributed by atoms with Crippen molar-refractivity contribution in [3.63, 3.8) is 0 Å². The predicted octanol–water partition coefficient (Wildman–Crippen LogP) is 2.48. The average molecular weight is 408 g/mol. The number of hydrogen-bond acceptors (Lipinski definition) is 7. The van der Waals surface area contributed by atoms with E-state index in [9.17, 15) is 19.5 Å². The standard InChI is InChI=1S/C22H32O7/c1-12-21(6,28-12)18(25)27-17-8-9-20(5)11-15(24)14(19(3,4)26)10-16(20)22(17,7)29-13(2)23/h10,12,16-17,26H,8-9,11H2,1-7H3/t12?,16-,17-,20-,21?,22+/m1/s1. The van der Waals surface area contributed by atoms with Gasteiger partial charge in [-0.3, -0.25) is 9.59 Å². The second-order valence-electron chi connectivity index (χ2n) is 9.95. The maximum absolute atomic E-state index is 12.7. The minimum atomic E-state index is -1.32. The van der Waals surface area contributed by atoms with Crippen molar-refractivity contribution in [3.05, 3.63) is 11.6 Å². The summed E-state index contributed by atoms with van der Waals surface area (Å²) in [5, 5.41) is 10.5. The summed E-state index contributed by atoms with van der Waals surface area (Å²) in [4.78, 5) is 37.4. The van der Waals surface area contributed by atoms with Crippen LogP contribution in [-0.2, 0) is 28.6 Å². The molecule has 0 aromatic rings. The minimum absolute atomic E-state index is 0.107. The zero-order valence-corrected chi connectivity index (χ0v) is 18.3. The fourth-order valence-electron chi connectivity index (χ4n) is 5.04. The van der Waals surface area contributed by atoms with Gasteiger partial charge in [0.25, 0.3) is 0 Å². The molecule has 1 heterocycles. The molecule has 7 nitrogen and oxygen atoms in total. The summed E-state index contributed by atoms with van der Waals surface area (Å²) in [5.74, 6) is -1.47. The summed E-state index contributed by atoms with van der Waals surface area (Å²) >= 11 is 0. The molecule has 0 radical (unpaired) electrons. The molecule has 162 valence electrons. The molecular weight excluding hydrogens is 376 g/mol. The van der Waals surface area contributed by atoms with Crippen LogP contribution in [0.5, 0.6) is 0 Å². The Morgan fingerprint density at radius 2 is 1.86 bits per heavy atom. The molecule has 1 N–H and O–H groups in total. The highest BCUT2D eigenvalue weighted by Crippen LogP contribution is 2.55. The Morgan fingerprint density at radius 1 is 1.28 bits per heavy atom.